The molecule has 0 aliphatic rings. The summed E-state index contributed by atoms with van der Waals surface area (Å²) in [5.41, 5.74) is 0.364. The standard InChI is InChI=1S/C22H18FN3O4/c23-17-10-8-14(9-11-17)18-19(24-21(30-18)15-5-2-1-3-6-15)26-13-16(7-4-12-27)20(28)25-22(26)29/h1-3,5-6,8-11,13,27H,4,7,12H2,(H,25,28,29). The quantitative estimate of drug-likeness (QED) is 0.512. The van der Waals surface area contributed by atoms with Crippen molar-refractivity contribution in [2.24, 2.45) is 0 Å². The van der Waals surface area contributed by atoms with Crippen LogP contribution < -0.4 is 11.2 Å². The van der Waals surface area contributed by atoms with E-state index in [0.29, 0.717) is 29.5 Å². The molecule has 2 heterocycles. The molecular weight excluding hydrogens is 389 g/mol. The highest BCUT2D eigenvalue weighted by Crippen LogP contribution is 2.31. The molecule has 2 aromatic carbocycles. The van der Waals surface area contributed by atoms with E-state index >= 15 is 0 Å². The minimum Gasteiger partial charge on any atom is -0.434 e. The van der Waals surface area contributed by atoms with Crippen LogP contribution in [0.1, 0.15) is 12.0 Å². The summed E-state index contributed by atoms with van der Waals surface area (Å²) in [5.74, 6) is 0.304. The number of H-pyrrole nitrogens is 1. The smallest absolute Gasteiger partial charge is 0.334 e. The van der Waals surface area contributed by atoms with Crippen molar-refractivity contribution in [1.29, 1.82) is 0 Å². The van der Waals surface area contributed by atoms with Crippen LogP contribution in [0.2, 0.25) is 0 Å². The third-order valence-corrected chi connectivity index (χ3v) is 4.58. The Morgan fingerprint density at radius 3 is 2.47 bits per heavy atom. The molecule has 0 fully saturated rings. The number of aryl methyl sites for hydroxylation is 1. The molecule has 8 heteroatoms. The van der Waals surface area contributed by atoms with Gasteiger partial charge in [0.25, 0.3) is 5.56 Å². The first kappa shape index (κ1) is 19.5. The second-order valence-corrected chi connectivity index (χ2v) is 6.66. The van der Waals surface area contributed by atoms with Gasteiger partial charge in [0.05, 0.1) is 0 Å². The fourth-order valence-electron chi connectivity index (χ4n) is 3.08. The predicted molar refractivity (Wildman–Crippen MR) is 109 cm³/mol. The summed E-state index contributed by atoms with van der Waals surface area (Å²) >= 11 is 0. The number of oxazole rings is 1. The van der Waals surface area contributed by atoms with E-state index < -0.39 is 17.1 Å². The Labute approximate surface area is 170 Å². The summed E-state index contributed by atoms with van der Waals surface area (Å²) < 4.78 is 20.6. The molecule has 0 aliphatic carbocycles. The first-order valence-electron chi connectivity index (χ1n) is 9.35. The van der Waals surface area contributed by atoms with Crippen LogP contribution in [0.25, 0.3) is 28.6 Å². The zero-order valence-corrected chi connectivity index (χ0v) is 15.8. The number of halogens is 1. The zero-order valence-electron chi connectivity index (χ0n) is 15.8. The van der Waals surface area contributed by atoms with Crippen molar-refractivity contribution in [3.8, 4) is 28.6 Å². The van der Waals surface area contributed by atoms with Crippen LogP contribution >= 0.6 is 0 Å². The predicted octanol–water partition coefficient (Wildman–Crippen LogP) is 2.91. The van der Waals surface area contributed by atoms with Crippen molar-refractivity contribution < 1.29 is 13.9 Å². The van der Waals surface area contributed by atoms with E-state index in [1.807, 2.05) is 30.3 Å². The highest BCUT2D eigenvalue weighted by atomic mass is 19.1. The van der Waals surface area contributed by atoms with Gasteiger partial charge in [-0.05, 0) is 49.2 Å². The third kappa shape index (κ3) is 3.85. The molecule has 2 aromatic heterocycles. The molecular formula is C22H18FN3O4. The largest absolute Gasteiger partial charge is 0.434 e. The van der Waals surface area contributed by atoms with E-state index in [1.165, 1.54) is 35.0 Å². The number of hydrogen-bond donors (Lipinski definition) is 2. The van der Waals surface area contributed by atoms with E-state index in [9.17, 15) is 14.0 Å². The maximum Gasteiger partial charge on any atom is 0.334 e. The summed E-state index contributed by atoms with van der Waals surface area (Å²) in [4.78, 5) is 31.5. The normalized spacial score (nSPS) is 11.0. The summed E-state index contributed by atoms with van der Waals surface area (Å²) in [5, 5.41) is 9.07. The minimum absolute atomic E-state index is 0.0818. The van der Waals surface area contributed by atoms with Crippen LogP contribution in [0.3, 0.4) is 0 Å². The molecule has 0 atom stereocenters. The molecule has 0 bridgehead atoms. The number of nitrogens with zero attached hydrogens (tertiary/aromatic N) is 2. The Morgan fingerprint density at radius 1 is 1.03 bits per heavy atom. The second-order valence-electron chi connectivity index (χ2n) is 6.66. The summed E-state index contributed by atoms with van der Waals surface area (Å²) in [6, 6.07) is 14.8. The van der Waals surface area contributed by atoms with Crippen LogP contribution in [-0.4, -0.2) is 26.2 Å². The number of nitrogens with one attached hydrogen (secondary N) is 1. The monoisotopic (exact) mass is 407 g/mol. The fraction of sp³-hybridized carbons (Fsp3) is 0.136. The van der Waals surface area contributed by atoms with Crippen molar-refractivity contribution in [2.45, 2.75) is 12.8 Å². The summed E-state index contributed by atoms with van der Waals surface area (Å²) in [6.07, 6.45) is 2.07. The van der Waals surface area contributed by atoms with Crippen LogP contribution in [0.5, 0.6) is 0 Å². The van der Waals surface area contributed by atoms with Gasteiger partial charge in [-0.25, -0.2) is 13.8 Å². The maximum absolute atomic E-state index is 13.4. The van der Waals surface area contributed by atoms with Crippen molar-refractivity contribution in [2.75, 3.05) is 6.61 Å². The van der Waals surface area contributed by atoms with E-state index in [2.05, 4.69) is 9.97 Å². The van der Waals surface area contributed by atoms with Gasteiger partial charge in [0.15, 0.2) is 11.6 Å². The molecule has 30 heavy (non-hydrogen) atoms. The lowest BCUT2D eigenvalue weighted by atomic mass is 10.1. The van der Waals surface area contributed by atoms with Gasteiger partial charge in [-0.15, -0.1) is 0 Å². The van der Waals surface area contributed by atoms with Gasteiger partial charge < -0.3 is 9.52 Å². The van der Waals surface area contributed by atoms with Crippen molar-refractivity contribution in [3.63, 3.8) is 0 Å². The van der Waals surface area contributed by atoms with Crippen molar-refractivity contribution in [3.05, 3.63) is 93.0 Å². The van der Waals surface area contributed by atoms with Crippen LogP contribution in [0, 0.1) is 5.82 Å². The average Bonchev–Trinajstić information content (AvgIpc) is 3.19. The van der Waals surface area contributed by atoms with Crippen molar-refractivity contribution in [1.82, 2.24) is 14.5 Å². The highest BCUT2D eigenvalue weighted by molar-refractivity contribution is 5.68. The molecule has 0 amide bonds. The second kappa shape index (κ2) is 8.30. The molecule has 0 radical (unpaired) electrons. The van der Waals surface area contributed by atoms with E-state index in [-0.39, 0.29) is 24.1 Å². The first-order valence-corrected chi connectivity index (χ1v) is 9.35. The van der Waals surface area contributed by atoms with Crippen molar-refractivity contribution >= 4 is 0 Å². The first-order chi connectivity index (χ1) is 14.6. The van der Waals surface area contributed by atoms with Gasteiger partial charge in [-0.3, -0.25) is 9.78 Å². The lowest BCUT2D eigenvalue weighted by Gasteiger charge is -2.06. The lowest BCUT2D eigenvalue weighted by molar-refractivity contribution is 0.288. The average molecular weight is 407 g/mol. The van der Waals surface area contributed by atoms with Gasteiger partial charge >= 0.3 is 5.69 Å². The molecule has 4 rings (SSSR count). The lowest BCUT2D eigenvalue weighted by Crippen LogP contribution is -2.31. The van der Waals surface area contributed by atoms with E-state index in [4.69, 9.17) is 9.52 Å². The number of aliphatic hydroxyl groups excluding tert-OH is 1. The Hall–Kier alpha value is -3.78. The fourth-order valence-corrected chi connectivity index (χ4v) is 3.08. The van der Waals surface area contributed by atoms with Crippen LogP contribution in [-0.2, 0) is 6.42 Å². The molecule has 0 saturated carbocycles. The molecule has 0 aliphatic heterocycles. The number of rotatable bonds is 6. The van der Waals surface area contributed by atoms with Gasteiger partial charge in [0.2, 0.25) is 5.89 Å². The maximum atomic E-state index is 13.4. The van der Waals surface area contributed by atoms with E-state index in [1.54, 1.807) is 0 Å². The van der Waals surface area contributed by atoms with Gasteiger partial charge in [-0.2, -0.15) is 4.98 Å². The Bertz CT molecular complexity index is 1270. The number of aromatic nitrogens is 3. The number of aromatic amines is 1. The molecule has 0 unspecified atom stereocenters. The Morgan fingerprint density at radius 2 is 1.77 bits per heavy atom. The minimum atomic E-state index is -0.677. The summed E-state index contributed by atoms with van der Waals surface area (Å²) in [6.45, 7) is -0.0818. The van der Waals surface area contributed by atoms with Gasteiger partial charge in [-0.1, -0.05) is 18.2 Å². The Balaban J connectivity index is 1.92. The van der Waals surface area contributed by atoms with E-state index in [0.717, 1.165) is 0 Å². The number of aliphatic hydroxyl groups is 1. The molecule has 4 aromatic rings. The van der Waals surface area contributed by atoms with Crippen LogP contribution in [0.4, 0.5) is 4.39 Å². The number of hydrogen-bond acceptors (Lipinski definition) is 5. The molecule has 0 saturated heterocycles. The zero-order chi connectivity index (χ0) is 21.1. The van der Waals surface area contributed by atoms with Gasteiger partial charge in [0.1, 0.15) is 5.82 Å². The molecule has 0 spiro atoms. The SMILES string of the molecule is O=c1[nH]c(=O)n(-c2nc(-c3ccccc3)oc2-c2ccc(F)cc2)cc1CCCO. The molecule has 152 valence electrons. The topological polar surface area (TPSA) is 101 Å². The van der Waals surface area contributed by atoms with Crippen LogP contribution in [0.15, 0.2) is 74.8 Å². The molecule has 7 nitrogen and oxygen atoms in total. The summed E-state index contributed by atoms with van der Waals surface area (Å²) in [7, 11) is 0. The number of benzene rings is 2. The molecule has 2 N–H and O–H groups in total. The Kier molecular flexibility index (Phi) is 5.40. The highest BCUT2D eigenvalue weighted by Gasteiger charge is 2.20. The van der Waals surface area contributed by atoms with Gasteiger partial charge in [0, 0.05) is 29.5 Å². The third-order valence-electron chi connectivity index (χ3n) is 4.58.